The van der Waals surface area contributed by atoms with Crippen LogP contribution in [0.3, 0.4) is 0 Å². The van der Waals surface area contributed by atoms with Gasteiger partial charge in [-0.15, -0.1) is 0 Å². The molecule has 0 saturated heterocycles. The number of hydrogen-bond acceptors (Lipinski definition) is 4. The molecule has 1 amide bonds. The highest BCUT2D eigenvalue weighted by Crippen LogP contribution is 2.17. The molecule has 20 heavy (non-hydrogen) atoms. The lowest BCUT2D eigenvalue weighted by Crippen LogP contribution is -2.48. The third-order valence-corrected chi connectivity index (χ3v) is 3.16. The first-order valence-electron chi connectivity index (χ1n) is 6.70. The SMILES string of the molecule is CCC(C)(C)NC(=O)C(C)Oc1ccc(C)nc1C=O. The van der Waals surface area contributed by atoms with Gasteiger partial charge in [0.2, 0.25) is 0 Å². The van der Waals surface area contributed by atoms with E-state index in [9.17, 15) is 9.59 Å². The number of aryl methyl sites for hydroxylation is 1. The molecular formula is C15H22N2O3. The van der Waals surface area contributed by atoms with Crippen LogP contribution in [-0.2, 0) is 4.79 Å². The molecule has 0 radical (unpaired) electrons. The molecule has 1 aromatic heterocycles. The van der Waals surface area contributed by atoms with Gasteiger partial charge < -0.3 is 10.1 Å². The zero-order valence-electron chi connectivity index (χ0n) is 12.7. The van der Waals surface area contributed by atoms with Crippen LogP contribution in [0.4, 0.5) is 0 Å². The molecular weight excluding hydrogens is 256 g/mol. The number of ether oxygens (including phenoxy) is 1. The van der Waals surface area contributed by atoms with E-state index in [1.165, 1.54) is 0 Å². The van der Waals surface area contributed by atoms with Crippen LogP contribution in [0.25, 0.3) is 0 Å². The largest absolute Gasteiger partial charge is 0.479 e. The lowest BCUT2D eigenvalue weighted by atomic mass is 10.0. The van der Waals surface area contributed by atoms with Crippen molar-refractivity contribution in [3.8, 4) is 5.75 Å². The Hall–Kier alpha value is -1.91. The van der Waals surface area contributed by atoms with Gasteiger partial charge >= 0.3 is 0 Å². The van der Waals surface area contributed by atoms with Crippen LogP contribution >= 0.6 is 0 Å². The Balaban J connectivity index is 2.78. The highest BCUT2D eigenvalue weighted by atomic mass is 16.5. The number of hydrogen-bond donors (Lipinski definition) is 1. The summed E-state index contributed by atoms with van der Waals surface area (Å²) in [4.78, 5) is 27.1. The molecule has 0 aliphatic carbocycles. The molecule has 0 saturated carbocycles. The first kappa shape index (κ1) is 16.1. The van der Waals surface area contributed by atoms with E-state index < -0.39 is 6.10 Å². The molecule has 0 aromatic carbocycles. The molecule has 1 aromatic rings. The van der Waals surface area contributed by atoms with E-state index in [0.717, 1.165) is 12.1 Å². The summed E-state index contributed by atoms with van der Waals surface area (Å²) in [6, 6.07) is 3.39. The minimum Gasteiger partial charge on any atom is -0.479 e. The Morgan fingerprint density at radius 1 is 1.50 bits per heavy atom. The Labute approximate surface area is 119 Å². The molecule has 1 atom stereocenters. The summed E-state index contributed by atoms with van der Waals surface area (Å²) in [5, 5.41) is 2.90. The van der Waals surface area contributed by atoms with E-state index in [2.05, 4.69) is 10.3 Å². The zero-order valence-corrected chi connectivity index (χ0v) is 12.7. The highest BCUT2D eigenvalue weighted by molar-refractivity contribution is 5.82. The summed E-state index contributed by atoms with van der Waals surface area (Å²) in [5.74, 6) is 0.108. The van der Waals surface area contributed by atoms with E-state index in [1.807, 2.05) is 20.8 Å². The Morgan fingerprint density at radius 2 is 2.15 bits per heavy atom. The standard InChI is InChI=1S/C15H22N2O3/c1-6-15(4,5)17-14(19)11(3)20-13-8-7-10(2)16-12(13)9-18/h7-9,11H,6H2,1-5H3,(H,17,19). The van der Waals surface area contributed by atoms with Crippen LogP contribution in [0.5, 0.6) is 5.75 Å². The van der Waals surface area contributed by atoms with Gasteiger partial charge in [-0.2, -0.15) is 0 Å². The molecule has 1 unspecified atom stereocenters. The minimum atomic E-state index is -0.691. The minimum absolute atomic E-state index is 0.208. The second-order valence-electron chi connectivity index (χ2n) is 5.44. The van der Waals surface area contributed by atoms with Gasteiger partial charge in [-0.1, -0.05) is 6.92 Å². The monoisotopic (exact) mass is 278 g/mol. The number of aldehydes is 1. The number of rotatable bonds is 6. The normalized spacial score (nSPS) is 12.7. The predicted molar refractivity (Wildman–Crippen MR) is 77.0 cm³/mol. The number of amides is 1. The number of aromatic nitrogens is 1. The second-order valence-corrected chi connectivity index (χ2v) is 5.44. The van der Waals surface area contributed by atoms with Gasteiger partial charge in [0, 0.05) is 11.2 Å². The number of nitrogens with zero attached hydrogens (tertiary/aromatic N) is 1. The van der Waals surface area contributed by atoms with Gasteiger partial charge in [0.1, 0.15) is 11.4 Å². The zero-order chi connectivity index (χ0) is 15.3. The van der Waals surface area contributed by atoms with Crippen LogP contribution < -0.4 is 10.1 Å². The quantitative estimate of drug-likeness (QED) is 0.811. The van der Waals surface area contributed by atoms with Crippen molar-refractivity contribution in [3.63, 3.8) is 0 Å². The molecule has 1 heterocycles. The van der Waals surface area contributed by atoms with Gasteiger partial charge in [0.25, 0.3) is 5.91 Å². The smallest absolute Gasteiger partial charge is 0.261 e. The van der Waals surface area contributed by atoms with Crippen molar-refractivity contribution in [1.29, 1.82) is 0 Å². The second kappa shape index (κ2) is 6.50. The predicted octanol–water partition coefficient (Wildman–Crippen LogP) is 2.27. The first-order valence-corrected chi connectivity index (χ1v) is 6.70. The molecule has 5 heteroatoms. The van der Waals surface area contributed by atoms with E-state index in [4.69, 9.17) is 4.74 Å². The van der Waals surface area contributed by atoms with Crippen LogP contribution in [-0.4, -0.2) is 28.8 Å². The maximum atomic E-state index is 12.0. The number of carbonyl (C=O) groups is 2. The van der Waals surface area contributed by atoms with Crippen LogP contribution in [0, 0.1) is 6.92 Å². The lowest BCUT2D eigenvalue weighted by Gasteiger charge is -2.26. The molecule has 1 N–H and O–H groups in total. The summed E-state index contributed by atoms with van der Waals surface area (Å²) < 4.78 is 5.54. The van der Waals surface area contributed by atoms with Crippen molar-refractivity contribution in [3.05, 3.63) is 23.5 Å². The molecule has 0 aliphatic rings. The lowest BCUT2D eigenvalue weighted by molar-refractivity contribution is -0.129. The van der Waals surface area contributed by atoms with Crippen molar-refractivity contribution in [2.24, 2.45) is 0 Å². The third-order valence-electron chi connectivity index (χ3n) is 3.16. The van der Waals surface area contributed by atoms with Crippen molar-refractivity contribution in [2.75, 3.05) is 0 Å². The molecule has 0 aliphatic heterocycles. The van der Waals surface area contributed by atoms with E-state index in [0.29, 0.717) is 12.0 Å². The van der Waals surface area contributed by atoms with E-state index in [-0.39, 0.29) is 17.1 Å². The molecule has 110 valence electrons. The average molecular weight is 278 g/mol. The summed E-state index contributed by atoms with van der Waals surface area (Å²) in [5.41, 5.74) is 0.649. The average Bonchev–Trinajstić information content (AvgIpc) is 2.40. The van der Waals surface area contributed by atoms with Gasteiger partial charge in [-0.05, 0) is 46.2 Å². The topological polar surface area (TPSA) is 68.3 Å². The van der Waals surface area contributed by atoms with Crippen LogP contribution in [0.2, 0.25) is 0 Å². The molecule has 0 spiro atoms. The fourth-order valence-electron chi connectivity index (χ4n) is 1.52. The van der Waals surface area contributed by atoms with Crippen molar-refractivity contribution in [2.45, 2.75) is 52.7 Å². The van der Waals surface area contributed by atoms with Crippen molar-refractivity contribution in [1.82, 2.24) is 10.3 Å². The fraction of sp³-hybridized carbons (Fsp3) is 0.533. The number of nitrogens with one attached hydrogen (secondary N) is 1. The molecule has 0 fully saturated rings. The van der Waals surface area contributed by atoms with E-state index in [1.54, 1.807) is 26.0 Å². The fourth-order valence-corrected chi connectivity index (χ4v) is 1.52. The Morgan fingerprint density at radius 3 is 2.70 bits per heavy atom. The maximum Gasteiger partial charge on any atom is 0.261 e. The molecule has 0 bridgehead atoms. The summed E-state index contributed by atoms with van der Waals surface area (Å²) >= 11 is 0. The number of carbonyl (C=O) groups excluding carboxylic acids is 2. The Kier molecular flexibility index (Phi) is 5.25. The summed E-state index contributed by atoms with van der Waals surface area (Å²) in [7, 11) is 0. The van der Waals surface area contributed by atoms with Gasteiger partial charge in [-0.25, -0.2) is 4.98 Å². The van der Waals surface area contributed by atoms with E-state index >= 15 is 0 Å². The summed E-state index contributed by atoms with van der Waals surface area (Å²) in [6.07, 6.45) is 0.754. The highest BCUT2D eigenvalue weighted by Gasteiger charge is 2.23. The third kappa shape index (κ3) is 4.33. The number of pyridine rings is 1. The first-order chi connectivity index (χ1) is 9.29. The Bertz CT molecular complexity index is 498. The van der Waals surface area contributed by atoms with Crippen molar-refractivity contribution >= 4 is 12.2 Å². The van der Waals surface area contributed by atoms with Gasteiger partial charge in [-0.3, -0.25) is 9.59 Å². The van der Waals surface area contributed by atoms with Crippen LogP contribution in [0.1, 0.15) is 50.3 Å². The van der Waals surface area contributed by atoms with Gasteiger partial charge in [0.15, 0.2) is 12.4 Å². The molecule has 1 rings (SSSR count). The molecule has 5 nitrogen and oxygen atoms in total. The van der Waals surface area contributed by atoms with Crippen molar-refractivity contribution < 1.29 is 14.3 Å². The summed E-state index contributed by atoms with van der Waals surface area (Å²) in [6.45, 7) is 9.33. The van der Waals surface area contributed by atoms with Crippen LogP contribution in [0.15, 0.2) is 12.1 Å². The van der Waals surface area contributed by atoms with Gasteiger partial charge in [0.05, 0.1) is 0 Å². The maximum absolute atomic E-state index is 12.0.